The molecule has 3 N–H and O–H groups in total. The summed E-state index contributed by atoms with van der Waals surface area (Å²) < 4.78 is 0. The molecule has 0 fully saturated rings. The van der Waals surface area contributed by atoms with Crippen molar-refractivity contribution in [2.75, 3.05) is 14.1 Å². The normalized spacial score (nSPS) is 18.4. The number of nitrogens with two attached hydrogens (primary N) is 1. The first-order chi connectivity index (χ1) is 5.52. The highest BCUT2D eigenvalue weighted by molar-refractivity contribution is 5.10. The van der Waals surface area contributed by atoms with Crippen LogP contribution < -0.4 is 11.3 Å². The van der Waals surface area contributed by atoms with Crippen molar-refractivity contribution in [3.05, 3.63) is 0 Å². The molecule has 0 spiro atoms. The van der Waals surface area contributed by atoms with E-state index in [0.717, 1.165) is 6.42 Å². The Hall–Kier alpha value is -0.560. The number of rotatable bonds is 4. The lowest BCUT2D eigenvalue weighted by Gasteiger charge is -2.39. The van der Waals surface area contributed by atoms with Gasteiger partial charge in [-0.2, -0.15) is 0 Å². The molecule has 2 unspecified atom stereocenters. The van der Waals surface area contributed by atoms with E-state index in [1.807, 2.05) is 14.1 Å². The molecule has 12 heavy (non-hydrogen) atoms. The highest BCUT2D eigenvalue weighted by Crippen LogP contribution is 2.19. The Morgan fingerprint density at radius 2 is 2.17 bits per heavy atom. The van der Waals surface area contributed by atoms with Crippen molar-refractivity contribution in [3.8, 4) is 12.3 Å². The summed E-state index contributed by atoms with van der Waals surface area (Å²) in [6.45, 7) is 4.19. The number of nitrogens with one attached hydrogen (secondary N) is 1. The molecule has 0 aliphatic heterocycles. The summed E-state index contributed by atoms with van der Waals surface area (Å²) in [5.74, 6) is 8.01. The number of hydrogen-bond donors (Lipinski definition) is 2. The van der Waals surface area contributed by atoms with Gasteiger partial charge >= 0.3 is 0 Å². The number of nitrogens with zero attached hydrogens (tertiary/aromatic N) is 1. The summed E-state index contributed by atoms with van der Waals surface area (Å²) in [5, 5.41) is 0. The highest BCUT2D eigenvalue weighted by Gasteiger charge is 2.32. The Morgan fingerprint density at radius 3 is 2.25 bits per heavy atom. The molecule has 0 aliphatic rings. The van der Waals surface area contributed by atoms with Gasteiger partial charge < -0.3 is 4.90 Å². The molecule has 0 amide bonds. The molecule has 0 bridgehead atoms. The van der Waals surface area contributed by atoms with Gasteiger partial charge in [-0.3, -0.25) is 5.84 Å². The molecule has 0 saturated carbocycles. The molecule has 0 aromatic heterocycles. The third kappa shape index (κ3) is 1.98. The smallest absolute Gasteiger partial charge is 0.0994 e. The van der Waals surface area contributed by atoms with Gasteiger partial charge in [-0.25, -0.2) is 5.43 Å². The minimum Gasteiger partial charge on any atom is -0.301 e. The summed E-state index contributed by atoms with van der Waals surface area (Å²) in [6, 6.07) is -0.113. The van der Waals surface area contributed by atoms with Gasteiger partial charge in [-0.1, -0.05) is 12.8 Å². The van der Waals surface area contributed by atoms with E-state index < -0.39 is 0 Å². The predicted octanol–water partition coefficient (Wildman–Crippen LogP) is 0.182. The minimum absolute atomic E-state index is 0.0799. The van der Waals surface area contributed by atoms with Crippen LogP contribution in [-0.4, -0.2) is 30.6 Å². The molecular weight excluding hydrogens is 150 g/mol. The number of likely N-dealkylation sites (N-methyl/N-ethyl adjacent to an activating group) is 1. The molecule has 3 heteroatoms. The van der Waals surface area contributed by atoms with Gasteiger partial charge in [-0.05, 0) is 27.4 Å². The van der Waals surface area contributed by atoms with E-state index in [9.17, 15) is 0 Å². The summed E-state index contributed by atoms with van der Waals surface area (Å²) in [5.41, 5.74) is 2.57. The van der Waals surface area contributed by atoms with Gasteiger partial charge in [0.25, 0.3) is 0 Å². The lowest BCUT2D eigenvalue weighted by molar-refractivity contribution is 0.137. The molecule has 0 aliphatic carbocycles. The van der Waals surface area contributed by atoms with Crippen LogP contribution in [0.5, 0.6) is 0 Å². The van der Waals surface area contributed by atoms with E-state index in [-0.39, 0.29) is 11.6 Å². The Balaban J connectivity index is 4.62. The van der Waals surface area contributed by atoms with Crippen molar-refractivity contribution in [1.29, 1.82) is 0 Å². The zero-order valence-electron chi connectivity index (χ0n) is 8.39. The minimum atomic E-state index is -0.113. The number of hydrazine groups is 1. The van der Waals surface area contributed by atoms with Crippen LogP contribution >= 0.6 is 0 Å². The second-order valence-corrected chi connectivity index (χ2v) is 3.37. The van der Waals surface area contributed by atoms with E-state index in [1.165, 1.54) is 0 Å². The second-order valence-electron chi connectivity index (χ2n) is 3.37. The SMILES string of the molecule is C#CC(NN)C(C)(CC)N(C)C. The van der Waals surface area contributed by atoms with Gasteiger partial charge in [0.1, 0.15) is 0 Å². The fourth-order valence-corrected chi connectivity index (χ4v) is 1.19. The van der Waals surface area contributed by atoms with Crippen molar-refractivity contribution >= 4 is 0 Å². The summed E-state index contributed by atoms with van der Waals surface area (Å²) >= 11 is 0. The van der Waals surface area contributed by atoms with Crippen molar-refractivity contribution in [3.63, 3.8) is 0 Å². The van der Waals surface area contributed by atoms with Crippen LogP contribution in [0, 0.1) is 12.3 Å². The Labute approximate surface area is 75.3 Å². The maximum Gasteiger partial charge on any atom is 0.0994 e. The largest absolute Gasteiger partial charge is 0.301 e. The summed E-state index contributed by atoms with van der Waals surface area (Å²) in [4.78, 5) is 2.09. The van der Waals surface area contributed by atoms with Gasteiger partial charge in [-0.15, -0.1) is 6.42 Å². The zero-order chi connectivity index (χ0) is 9.78. The van der Waals surface area contributed by atoms with Crippen LogP contribution in [0.4, 0.5) is 0 Å². The number of hydrogen-bond acceptors (Lipinski definition) is 3. The maximum atomic E-state index is 5.36. The van der Waals surface area contributed by atoms with Crippen LogP contribution in [0.3, 0.4) is 0 Å². The van der Waals surface area contributed by atoms with Crippen LogP contribution in [0.2, 0.25) is 0 Å². The summed E-state index contributed by atoms with van der Waals surface area (Å²) in [7, 11) is 4.01. The van der Waals surface area contributed by atoms with Crippen molar-refractivity contribution in [2.24, 2.45) is 5.84 Å². The van der Waals surface area contributed by atoms with Crippen LogP contribution in [0.1, 0.15) is 20.3 Å². The van der Waals surface area contributed by atoms with Crippen molar-refractivity contribution in [1.82, 2.24) is 10.3 Å². The van der Waals surface area contributed by atoms with E-state index in [2.05, 4.69) is 30.1 Å². The average Bonchev–Trinajstić information content (AvgIpc) is 2.05. The van der Waals surface area contributed by atoms with E-state index in [1.54, 1.807) is 0 Å². The summed E-state index contributed by atoms with van der Waals surface area (Å²) in [6.07, 6.45) is 6.32. The molecule has 0 heterocycles. The van der Waals surface area contributed by atoms with Gasteiger partial charge in [0, 0.05) is 5.54 Å². The molecule has 0 saturated heterocycles. The molecule has 0 radical (unpaired) electrons. The van der Waals surface area contributed by atoms with Crippen LogP contribution in [0.15, 0.2) is 0 Å². The lowest BCUT2D eigenvalue weighted by Crippen LogP contribution is -2.58. The van der Waals surface area contributed by atoms with Crippen LogP contribution in [0.25, 0.3) is 0 Å². The van der Waals surface area contributed by atoms with E-state index in [4.69, 9.17) is 12.3 Å². The molecule has 2 atom stereocenters. The Bertz CT molecular complexity index is 171. The van der Waals surface area contributed by atoms with Gasteiger partial charge in [0.15, 0.2) is 0 Å². The van der Waals surface area contributed by atoms with Crippen molar-refractivity contribution < 1.29 is 0 Å². The lowest BCUT2D eigenvalue weighted by atomic mass is 9.89. The van der Waals surface area contributed by atoms with E-state index >= 15 is 0 Å². The molecular formula is C9H19N3. The van der Waals surface area contributed by atoms with Gasteiger partial charge in [0.2, 0.25) is 0 Å². The fourth-order valence-electron chi connectivity index (χ4n) is 1.19. The monoisotopic (exact) mass is 169 g/mol. The van der Waals surface area contributed by atoms with Crippen LogP contribution in [-0.2, 0) is 0 Å². The molecule has 70 valence electrons. The molecule has 0 aromatic carbocycles. The average molecular weight is 169 g/mol. The first-order valence-electron chi connectivity index (χ1n) is 4.12. The first kappa shape index (κ1) is 11.4. The number of terminal acetylenes is 1. The standard InChI is InChI=1S/C9H19N3/c1-6-8(11-10)9(3,7-2)12(4)5/h1,8,11H,7,10H2,2-5H3. The Morgan fingerprint density at radius 1 is 1.67 bits per heavy atom. The third-order valence-electron chi connectivity index (χ3n) is 2.69. The quantitative estimate of drug-likeness (QED) is 0.358. The fraction of sp³-hybridized carbons (Fsp3) is 0.778. The first-order valence-corrected chi connectivity index (χ1v) is 4.12. The third-order valence-corrected chi connectivity index (χ3v) is 2.69. The molecule has 3 nitrogen and oxygen atoms in total. The van der Waals surface area contributed by atoms with Crippen molar-refractivity contribution in [2.45, 2.75) is 31.8 Å². The predicted molar refractivity (Wildman–Crippen MR) is 52.3 cm³/mol. The zero-order valence-corrected chi connectivity index (χ0v) is 8.39. The second kappa shape index (κ2) is 4.46. The maximum absolute atomic E-state index is 5.36. The topological polar surface area (TPSA) is 41.3 Å². The highest BCUT2D eigenvalue weighted by atomic mass is 15.3. The molecule has 0 aromatic rings. The van der Waals surface area contributed by atoms with E-state index in [0.29, 0.717) is 0 Å². The van der Waals surface area contributed by atoms with Gasteiger partial charge in [0.05, 0.1) is 6.04 Å². The Kier molecular flexibility index (Phi) is 4.25. The molecule has 0 rings (SSSR count).